The smallest absolute Gasteiger partial charge is 0.199 e. The van der Waals surface area contributed by atoms with E-state index in [2.05, 4.69) is 40.2 Å². The highest BCUT2D eigenvalue weighted by Crippen LogP contribution is 2.19. The van der Waals surface area contributed by atoms with Crippen LogP contribution in [0.1, 0.15) is 30.9 Å². The van der Waals surface area contributed by atoms with Crippen molar-refractivity contribution in [3.8, 4) is 17.3 Å². The van der Waals surface area contributed by atoms with Gasteiger partial charge in [0, 0.05) is 13.5 Å². The average molecular weight is 325 g/mol. The van der Waals surface area contributed by atoms with Gasteiger partial charge < -0.3 is 4.74 Å². The number of benzene rings is 1. The molecule has 1 N–H and O–H groups in total. The quantitative estimate of drug-likeness (QED) is 0.756. The standard InChI is InChI=1S/C18H23N5O/c1-12(2)9-14-11-16(23(3)22-14)18-19-17(20-21-18)10-13-5-7-15(24-4)8-6-13/h5-8,11-12H,9-10H2,1-4H3,(H,19,20,21). The molecule has 0 radical (unpaired) electrons. The van der Waals surface area contributed by atoms with Gasteiger partial charge in [0.05, 0.1) is 12.8 Å². The number of methoxy groups -OCH3 is 1. The summed E-state index contributed by atoms with van der Waals surface area (Å²) in [7, 11) is 3.60. The summed E-state index contributed by atoms with van der Waals surface area (Å²) in [5, 5.41) is 11.9. The van der Waals surface area contributed by atoms with Crippen LogP contribution in [0, 0.1) is 5.92 Å². The first-order valence-corrected chi connectivity index (χ1v) is 8.12. The molecule has 0 aliphatic rings. The summed E-state index contributed by atoms with van der Waals surface area (Å²) in [5.74, 6) is 2.94. The van der Waals surface area contributed by atoms with Crippen molar-refractivity contribution in [2.24, 2.45) is 13.0 Å². The van der Waals surface area contributed by atoms with Crippen molar-refractivity contribution < 1.29 is 4.74 Å². The van der Waals surface area contributed by atoms with Crippen molar-refractivity contribution in [2.45, 2.75) is 26.7 Å². The van der Waals surface area contributed by atoms with Crippen LogP contribution in [-0.4, -0.2) is 32.1 Å². The highest BCUT2D eigenvalue weighted by Gasteiger charge is 2.13. The lowest BCUT2D eigenvalue weighted by molar-refractivity contribution is 0.414. The number of H-pyrrole nitrogens is 1. The normalized spacial score (nSPS) is 11.2. The summed E-state index contributed by atoms with van der Waals surface area (Å²) in [4.78, 5) is 4.61. The molecule has 0 bridgehead atoms. The molecule has 126 valence electrons. The van der Waals surface area contributed by atoms with Gasteiger partial charge in [-0.05, 0) is 36.1 Å². The van der Waals surface area contributed by atoms with Crippen LogP contribution in [0.3, 0.4) is 0 Å². The van der Waals surface area contributed by atoms with E-state index < -0.39 is 0 Å². The zero-order valence-electron chi connectivity index (χ0n) is 14.6. The van der Waals surface area contributed by atoms with Gasteiger partial charge in [-0.25, -0.2) is 4.98 Å². The van der Waals surface area contributed by atoms with E-state index in [9.17, 15) is 0 Å². The monoisotopic (exact) mass is 325 g/mol. The van der Waals surface area contributed by atoms with Crippen LogP contribution in [0.25, 0.3) is 11.5 Å². The predicted octanol–water partition coefficient (Wildman–Crippen LogP) is 3.00. The lowest BCUT2D eigenvalue weighted by atomic mass is 10.1. The van der Waals surface area contributed by atoms with Crippen molar-refractivity contribution in [1.82, 2.24) is 25.0 Å². The fourth-order valence-corrected chi connectivity index (χ4v) is 2.68. The van der Waals surface area contributed by atoms with Crippen LogP contribution in [0.15, 0.2) is 30.3 Å². The van der Waals surface area contributed by atoms with E-state index in [1.807, 2.05) is 36.0 Å². The van der Waals surface area contributed by atoms with Gasteiger partial charge in [0.25, 0.3) is 0 Å². The Balaban J connectivity index is 1.76. The number of nitrogens with zero attached hydrogens (tertiary/aromatic N) is 4. The van der Waals surface area contributed by atoms with E-state index in [-0.39, 0.29) is 0 Å². The second-order valence-electron chi connectivity index (χ2n) is 6.37. The average Bonchev–Trinajstić information content (AvgIpc) is 3.14. The second kappa shape index (κ2) is 6.86. The van der Waals surface area contributed by atoms with Crippen LogP contribution in [-0.2, 0) is 19.9 Å². The van der Waals surface area contributed by atoms with E-state index in [0.29, 0.717) is 18.2 Å². The Morgan fingerprint density at radius 2 is 1.96 bits per heavy atom. The summed E-state index contributed by atoms with van der Waals surface area (Å²) in [6.45, 7) is 4.38. The van der Waals surface area contributed by atoms with Gasteiger partial charge >= 0.3 is 0 Å². The minimum absolute atomic E-state index is 0.575. The number of ether oxygens (including phenoxy) is 1. The number of hydrogen-bond donors (Lipinski definition) is 1. The van der Waals surface area contributed by atoms with Crippen molar-refractivity contribution in [3.05, 3.63) is 47.4 Å². The number of aromatic amines is 1. The van der Waals surface area contributed by atoms with Crippen molar-refractivity contribution in [2.75, 3.05) is 7.11 Å². The molecule has 6 heteroatoms. The molecule has 1 aromatic carbocycles. The molecule has 3 rings (SSSR count). The van der Waals surface area contributed by atoms with Crippen LogP contribution in [0.5, 0.6) is 5.75 Å². The first-order chi connectivity index (χ1) is 11.5. The maximum Gasteiger partial charge on any atom is 0.199 e. The van der Waals surface area contributed by atoms with Gasteiger partial charge in [0.2, 0.25) is 0 Å². The van der Waals surface area contributed by atoms with E-state index in [1.165, 1.54) is 0 Å². The number of nitrogens with one attached hydrogen (secondary N) is 1. The topological polar surface area (TPSA) is 68.6 Å². The molecule has 0 spiro atoms. The van der Waals surface area contributed by atoms with Crippen LogP contribution in [0.2, 0.25) is 0 Å². The van der Waals surface area contributed by atoms with Crippen molar-refractivity contribution in [3.63, 3.8) is 0 Å². The van der Waals surface area contributed by atoms with Gasteiger partial charge in [-0.2, -0.15) is 10.2 Å². The molecular formula is C18H23N5O. The fourth-order valence-electron chi connectivity index (χ4n) is 2.68. The largest absolute Gasteiger partial charge is 0.497 e. The highest BCUT2D eigenvalue weighted by atomic mass is 16.5. The molecular weight excluding hydrogens is 302 g/mol. The summed E-state index contributed by atoms with van der Waals surface area (Å²) < 4.78 is 7.02. The van der Waals surface area contributed by atoms with E-state index in [4.69, 9.17) is 4.74 Å². The number of hydrogen-bond acceptors (Lipinski definition) is 4. The molecule has 0 unspecified atom stereocenters. The third-order valence-corrected chi connectivity index (χ3v) is 3.84. The SMILES string of the molecule is COc1ccc(Cc2nc(-c3cc(CC(C)C)nn3C)n[nH]2)cc1. The molecule has 0 aliphatic carbocycles. The Bertz CT molecular complexity index is 801. The molecule has 6 nitrogen and oxygen atoms in total. The van der Waals surface area contributed by atoms with Gasteiger partial charge in [-0.15, -0.1) is 0 Å². The Morgan fingerprint density at radius 1 is 1.21 bits per heavy atom. The first kappa shape index (κ1) is 16.2. The van der Waals surface area contributed by atoms with Crippen molar-refractivity contribution >= 4 is 0 Å². The molecule has 2 aromatic heterocycles. The third kappa shape index (κ3) is 3.64. The Morgan fingerprint density at radius 3 is 2.62 bits per heavy atom. The predicted molar refractivity (Wildman–Crippen MR) is 92.9 cm³/mol. The first-order valence-electron chi connectivity index (χ1n) is 8.12. The fraction of sp³-hybridized carbons (Fsp3) is 0.389. The van der Waals surface area contributed by atoms with E-state index >= 15 is 0 Å². The maximum atomic E-state index is 5.18. The molecule has 0 atom stereocenters. The Kier molecular flexibility index (Phi) is 4.64. The maximum absolute atomic E-state index is 5.18. The van der Waals surface area contributed by atoms with Gasteiger partial charge in [0.1, 0.15) is 17.3 Å². The summed E-state index contributed by atoms with van der Waals surface area (Å²) in [6, 6.07) is 10.0. The van der Waals surface area contributed by atoms with Gasteiger partial charge in [-0.3, -0.25) is 9.78 Å². The minimum Gasteiger partial charge on any atom is -0.497 e. The number of aromatic nitrogens is 5. The lowest BCUT2D eigenvalue weighted by Gasteiger charge is -2.01. The molecule has 24 heavy (non-hydrogen) atoms. The molecule has 0 aliphatic heterocycles. The molecule has 0 amide bonds. The van der Waals surface area contributed by atoms with E-state index in [0.717, 1.165) is 34.9 Å². The van der Waals surface area contributed by atoms with Crippen LogP contribution in [0.4, 0.5) is 0 Å². The van der Waals surface area contributed by atoms with E-state index in [1.54, 1.807) is 7.11 Å². The highest BCUT2D eigenvalue weighted by molar-refractivity contribution is 5.50. The molecule has 2 heterocycles. The van der Waals surface area contributed by atoms with Gasteiger partial charge in [-0.1, -0.05) is 26.0 Å². The Labute approximate surface area is 141 Å². The van der Waals surface area contributed by atoms with Crippen molar-refractivity contribution in [1.29, 1.82) is 0 Å². The second-order valence-corrected chi connectivity index (χ2v) is 6.37. The molecule has 0 saturated carbocycles. The number of rotatable bonds is 6. The lowest BCUT2D eigenvalue weighted by Crippen LogP contribution is -1.98. The molecule has 3 aromatic rings. The summed E-state index contributed by atoms with van der Waals surface area (Å²) >= 11 is 0. The summed E-state index contributed by atoms with van der Waals surface area (Å²) in [5.41, 5.74) is 3.16. The molecule has 0 fully saturated rings. The molecule has 0 saturated heterocycles. The minimum atomic E-state index is 0.575. The van der Waals surface area contributed by atoms with Gasteiger partial charge in [0.15, 0.2) is 5.82 Å². The Hall–Kier alpha value is -2.63. The summed E-state index contributed by atoms with van der Waals surface area (Å²) in [6.07, 6.45) is 1.66. The van der Waals surface area contributed by atoms with Crippen LogP contribution >= 0.6 is 0 Å². The number of aryl methyl sites for hydroxylation is 1. The zero-order valence-corrected chi connectivity index (χ0v) is 14.6. The third-order valence-electron chi connectivity index (χ3n) is 3.84. The zero-order chi connectivity index (χ0) is 17.1. The van der Waals surface area contributed by atoms with Crippen LogP contribution < -0.4 is 4.74 Å².